The summed E-state index contributed by atoms with van der Waals surface area (Å²) >= 11 is 3.37. The van der Waals surface area contributed by atoms with E-state index in [9.17, 15) is 9.59 Å². The normalized spacial score (nSPS) is 11.6. The fourth-order valence-corrected chi connectivity index (χ4v) is 2.97. The molecule has 0 radical (unpaired) electrons. The van der Waals surface area contributed by atoms with Gasteiger partial charge in [-0.15, -0.1) is 0 Å². The predicted octanol–water partition coefficient (Wildman–Crippen LogP) is 4.08. The molecule has 0 saturated carbocycles. The van der Waals surface area contributed by atoms with Gasteiger partial charge in [0.1, 0.15) is 11.8 Å². The van der Waals surface area contributed by atoms with E-state index in [1.54, 1.807) is 24.0 Å². The van der Waals surface area contributed by atoms with Crippen molar-refractivity contribution >= 4 is 27.7 Å². The lowest BCUT2D eigenvalue weighted by atomic mass is 10.1. The molecule has 1 atom stereocenters. The Morgan fingerprint density at radius 1 is 1.14 bits per heavy atom. The molecule has 28 heavy (non-hydrogen) atoms. The summed E-state index contributed by atoms with van der Waals surface area (Å²) in [5.41, 5.74) is 2.09. The second kappa shape index (κ2) is 10.9. The van der Waals surface area contributed by atoms with E-state index in [4.69, 9.17) is 4.74 Å². The standard InChI is InChI=1S/C22H27BrN2O3/c1-4-13-24-22(27)17(3)25(14-18-8-6-5-7-16(18)2)21(26)15-28-20-11-9-19(23)10-12-20/h5-12,17H,4,13-15H2,1-3H3,(H,24,27). The zero-order chi connectivity index (χ0) is 20.5. The first-order chi connectivity index (χ1) is 13.4. The Kier molecular flexibility index (Phi) is 8.51. The lowest BCUT2D eigenvalue weighted by Crippen LogP contribution is -2.49. The molecule has 0 saturated heterocycles. The SMILES string of the molecule is CCCNC(=O)C(C)N(Cc1ccccc1C)C(=O)COc1ccc(Br)cc1. The van der Waals surface area contributed by atoms with Crippen molar-refractivity contribution in [1.82, 2.24) is 10.2 Å². The van der Waals surface area contributed by atoms with Crippen LogP contribution in [0.25, 0.3) is 0 Å². The monoisotopic (exact) mass is 446 g/mol. The third kappa shape index (κ3) is 6.37. The molecule has 6 heteroatoms. The summed E-state index contributed by atoms with van der Waals surface area (Å²) in [4.78, 5) is 27.0. The van der Waals surface area contributed by atoms with Gasteiger partial charge in [-0.1, -0.05) is 47.1 Å². The summed E-state index contributed by atoms with van der Waals surface area (Å²) in [6.07, 6.45) is 0.844. The van der Waals surface area contributed by atoms with Crippen molar-refractivity contribution in [3.05, 3.63) is 64.1 Å². The third-order valence-corrected chi connectivity index (χ3v) is 5.02. The van der Waals surface area contributed by atoms with Gasteiger partial charge in [-0.2, -0.15) is 0 Å². The summed E-state index contributed by atoms with van der Waals surface area (Å²) < 4.78 is 6.58. The molecule has 2 amide bonds. The maximum Gasteiger partial charge on any atom is 0.261 e. The molecule has 0 aliphatic heterocycles. The van der Waals surface area contributed by atoms with Crippen LogP contribution in [-0.4, -0.2) is 35.9 Å². The highest BCUT2D eigenvalue weighted by molar-refractivity contribution is 9.10. The maximum absolute atomic E-state index is 12.9. The number of hydrogen-bond acceptors (Lipinski definition) is 3. The molecule has 5 nitrogen and oxygen atoms in total. The van der Waals surface area contributed by atoms with Gasteiger partial charge in [0.2, 0.25) is 5.91 Å². The zero-order valence-electron chi connectivity index (χ0n) is 16.6. The highest BCUT2D eigenvalue weighted by Gasteiger charge is 2.26. The average molecular weight is 447 g/mol. The van der Waals surface area contributed by atoms with Gasteiger partial charge >= 0.3 is 0 Å². The van der Waals surface area contributed by atoms with E-state index in [1.165, 1.54) is 0 Å². The van der Waals surface area contributed by atoms with Crippen molar-refractivity contribution in [2.75, 3.05) is 13.2 Å². The molecule has 0 aromatic heterocycles. The van der Waals surface area contributed by atoms with E-state index in [0.717, 1.165) is 22.0 Å². The highest BCUT2D eigenvalue weighted by Crippen LogP contribution is 2.17. The van der Waals surface area contributed by atoms with Gasteiger partial charge in [0.05, 0.1) is 0 Å². The van der Waals surface area contributed by atoms with Crippen LogP contribution in [0.5, 0.6) is 5.75 Å². The van der Waals surface area contributed by atoms with Gasteiger partial charge in [-0.3, -0.25) is 9.59 Å². The molecule has 0 aliphatic rings. The number of amides is 2. The number of benzene rings is 2. The van der Waals surface area contributed by atoms with Crippen LogP contribution in [-0.2, 0) is 16.1 Å². The summed E-state index contributed by atoms with van der Waals surface area (Å²) in [6.45, 7) is 6.56. The Labute approximate surface area is 175 Å². The van der Waals surface area contributed by atoms with Crippen LogP contribution in [0.15, 0.2) is 53.0 Å². The highest BCUT2D eigenvalue weighted by atomic mass is 79.9. The van der Waals surface area contributed by atoms with Crippen LogP contribution >= 0.6 is 15.9 Å². The Bertz CT molecular complexity index is 793. The number of halogens is 1. The van der Waals surface area contributed by atoms with Gasteiger partial charge in [-0.25, -0.2) is 0 Å². The van der Waals surface area contributed by atoms with E-state index >= 15 is 0 Å². The second-order valence-electron chi connectivity index (χ2n) is 6.66. The number of nitrogens with one attached hydrogen (secondary N) is 1. The zero-order valence-corrected chi connectivity index (χ0v) is 18.2. The number of rotatable bonds is 9. The first-order valence-electron chi connectivity index (χ1n) is 9.42. The van der Waals surface area contributed by atoms with Gasteiger partial charge in [0.15, 0.2) is 6.61 Å². The molecule has 2 rings (SSSR count). The summed E-state index contributed by atoms with van der Waals surface area (Å²) in [5, 5.41) is 2.87. The van der Waals surface area contributed by atoms with Crippen LogP contribution in [0.2, 0.25) is 0 Å². The molecule has 2 aromatic carbocycles. The summed E-state index contributed by atoms with van der Waals surface area (Å²) in [7, 11) is 0. The van der Waals surface area contributed by atoms with Crippen LogP contribution in [0.3, 0.4) is 0 Å². The van der Waals surface area contributed by atoms with Gasteiger partial charge in [0.25, 0.3) is 5.91 Å². The Morgan fingerprint density at radius 2 is 1.82 bits per heavy atom. The largest absolute Gasteiger partial charge is 0.484 e. The van der Waals surface area contributed by atoms with Crippen molar-refractivity contribution in [2.24, 2.45) is 0 Å². The number of carbonyl (C=O) groups excluding carboxylic acids is 2. The quantitative estimate of drug-likeness (QED) is 0.630. The Morgan fingerprint density at radius 3 is 2.46 bits per heavy atom. The minimum atomic E-state index is -0.591. The van der Waals surface area contributed by atoms with Gasteiger partial charge in [0, 0.05) is 17.6 Å². The van der Waals surface area contributed by atoms with Crippen molar-refractivity contribution < 1.29 is 14.3 Å². The molecule has 2 aromatic rings. The van der Waals surface area contributed by atoms with E-state index in [2.05, 4.69) is 21.2 Å². The number of nitrogens with zero attached hydrogens (tertiary/aromatic N) is 1. The molecule has 0 fully saturated rings. The fourth-order valence-electron chi connectivity index (χ4n) is 2.71. The molecule has 0 spiro atoms. The molecule has 150 valence electrons. The first-order valence-corrected chi connectivity index (χ1v) is 10.2. The average Bonchev–Trinajstić information content (AvgIpc) is 2.70. The van der Waals surface area contributed by atoms with Crippen LogP contribution in [0, 0.1) is 6.92 Å². The van der Waals surface area contributed by atoms with Crippen molar-refractivity contribution in [2.45, 2.75) is 39.8 Å². The predicted molar refractivity (Wildman–Crippen MR) is 114 cm³/mol. The van der Waals surface area contributed by atoms with Gasteiger partial charge in [-0.05, 0) is 55.7 Å². The van der Waals surface area contributed by atoms with E-state index < -0.39 is 6.04 Å². The molecule has 1 N–H and O–H groups in total. The molecular weight excluding hydrogens is 420 g/mol. The minimum absolute atomic E-state index is 0.126. The number of hydrogen-bond donors (Lipinski definition) is 1. The van der Waals surface area contributed by atoms with Crippen LogP contribution < -0.4 is 10.1 Å². The molecule has 0 heterocycles. The van der Waals surface area contributed by atoms with Gasteiger partial charge < -0.3 is 15.0 Å². The first kappa shape index (κ1) is 22.0. The number of aryl methyl sites for hydroxylation is 1. The molecule has 1 unspecified atom stereocenters. The summed E-state index contributed by atoms with van der Waals surface area (Å²) in [6, 6.07) is 14.6. The second-order valence-corrected chi connectivity index (χ2v) is 7.57. The van der Waals surface area contributed by atoms with Crippen molar-refractivity contribution in [3.63, 3.8) is 0 Å². The van der Waals surface area contributed by atoms with Crippen molar-refractivity contribution in [1.29, 1.82) is 0 Å². The van der Waals surface area contributed by atoms with E-state index in [1.807, 2.05) is 50.2 Å². The smallest absolute Gasteiger partial charge is 0.261 e. The molecular formula is C22H27BrN2O3. The summed E-state index contributed by atoms with van der Waals surface area (Å²) in [5.74, 6) is 0.216. The maximum atomic E-state index is 12.9. The number of ether oxygens (including phenoxy) is 1. The third-order valence-electron chi connectivity index (χ3n) is 4.49. The van der Waals surface area contributed by atoms with Crippen LogP contribution in [0.1, 0.15) is 31.4 Å². The molecule has 0 aliphatic carbocycles. The minimum Gasteiger partial charge on any atom is -0.484 e. The van der Waals surface area contributed by atoms with Crippen LogP contribution in [0.4, 0.5) is 0 Å². The Hall–Kier alpha value is -2.34. The van der Waals surface area contributed by atoms with E-state index in [-0.39, 0.29) is 18.4 Å². The van der Waals surface area contributed by atoms with Crippen molar-refractivity contribution in [3.8, 4) is 5.75 Å². The number of carbonyl (C=O) groups is 2. The lowest BCUT2D eigenvalue weighted by molar-refractivity contribution is -0.142. The Balaban J connectivity index is 2.13. The lowest BCUT2D eigenvalue weighted by Gasteiger charge is -2.29. The molecule has 0 bridgehead atoms. The fraction of sp³-hybridized carbons (Fsp3) is 0.364. The van der Waals surface area contributed by atoms with E-state index in [0.29, 0.717) is 18.8 Å². The topological polar surface area (TPSA) is 58.6 Å².